The minimum Gasteiger partial charge on any atom is -0.507 e. The van der Waals surface area contributed by atoms with Crippen molar-refractivity contribution in [1.82, 2.24) is 4.90 Å². The largest absolute Gasteiger partial charge is 0.507 e. The Hall–Kier alpha value is -3.07. The lowest BCUT2D eigenvalue weighted by atomic mass is 10.0. The number of carbonyl (C=O) groups is 1. The Bertz CT molecular complexity index is 1110. The monoisotopic (exact) mass is 429 g/mol. The minimum absolute atomic E-state index is 0.0462. The summed E-state index contributed by atoms with van der Waals surface area (Å²) in [6.45, 7) is 0.811. The fourth-order valence-corrected chi connectivity index (χ4v) is 5.06. The van der Waals surface area contributed by atoms with Gasteiger partial charge in [-0.3, -0.25) is 4.79 Å². The van der Waals surface area contributed by atoms with Crippen molar-refractivity contribution in [3.05, 3.63) is 59.2 Å². The van der Waals surface area contributed by atoms with Crippen LogP contribution in [0.15, 0.2) is 46.9 Å². The summed E-state index contributed by atoms with van der Waals surface area (Å²) in [6.07, 6.45) is 2.62. The molecular formula is C21H23N3O5S. The standard InChI is InChI=1S/C21H23N3O5S/c22-20-19-14(13-30(27,28)23-20)6-5-10-18(19)29-12-15-7-3-4-11-24(15)21(26)16-8-1-2-9-17(16)25/h1-2,5-6,8-10,15,25H,3-4,7,11-13H2,(H2,22,23)/t15-/m1/s1. The SMILES string of the molecule is NC1=NS(=O)(=O)Cc2cccc(OC[C@H]3CCCCN3C(=O)c3ccccc3O)c21. The summed E-state index contributed by atoms with van der Waals surface area (Å²) in [5, 5.41) is 10.1. The van der Waals surface area contributed by atoms with Crippen LogP contribution in [0.4, 0.5) is 0 Å². The maximum atomic E-state index is 13.0. The predicted molar refractivity (Wildman–Crippen MR) is 112 cm³/mol. The molecule has 8 nitrogen and oxygen atoms in total. The van der Waals surface area contributed by atoms with E-state index in [1.54, 1.807) is 41.3 Å². The number of phenolic OH excluding ortho intramolecular Hbond substituents is 1. The molecule has 2 heterocycles. The molecule has 1 amide bonds. The van der Waals surface area contributed by atoms with Crippen molar-refractivity contribution in [2.45, 2.75) is 31.1 Å². The van der Waals surface area contributed by atoms with E-state index in [0.717, 1.165) is 19.3 Å². The van der Waals surface area contributed by atoms with Crippen molar-refractivity contribution in [3.63, 3.8) is 0 Å². The van der Waals surface area contributed by atoms with Gasteiger partial charge in [-0.25, -0.2) is 8.42 Å². The first-order valence-electron chi connectivity index (χ1n) is 9.78. The topological polar surface area (TPSA) is 122 Å². The van der Waals surface area contributed by atoms with E-state index in [2.05, 4.69) is 4.40 Å². The van der Waals surface area contributed by atoms with Gasteiger partial charge in [-0.2, -0.15) is 0 Å². The van der Waals surface area contributed by atoms with Gasteiger partial charge >= 0.3 is 0 Å². The number of aromatic hydroxyl groups is 1. The van der Waals surface area contributed by atoms with Crippen LogP contribution in [0, 0.1) is 0 Å². The maximum absolute atomic E-state index is 13.0. The van der Waals surface area contributed by atoms with Gasteiger partial charge in [0.1, 0.15) is 23.9 Å². The summed E-state index contributed by atoms with van der Waals surface area (Å²) >= 11 is 0. The van der Waals surface area contributed by atoms with Crippen LogP contribution in [0.5, 0.6) is 11.5 Å². The number of amidine groups is 1. The molecule has 2 aliphatic heterocycles. The second kappa shape index (κ2) is 7.98. The molecule has 0 saturated carbocycles. The van der Waals surface area contributed by atoms with Gasteiger partial charge < -0.3 is 20.5 Å². The lowest BCUT2D eigenvalue weighted by Gasteiger charge is -2.36. The van der Waals surface area contributed by atoms with E-state index in [1.165, 1.54) is 6.07 Å². The lowest BCUT2D eigenvalue weighted by Crippen LogP contribution is -2.46. The highest BCUT2D eigenvalue weighted by molar-refractivity contribution is 7.89. The fourth-order valence-electron chi connectivity index (χ4n) is 3.97. The molecule has 0 unspecified atom stereocenters. The van der Waals surface area contributed by atoms with Crippen LogP contribution in [0.25, 0.3) is 0 Å². The van der Waals surface area contributed by atoms with Crippen molar-refractivity contribution in [3.8, 4) is 11.5 Å². The van der Waals surface area contributed by atoms with Crippen LogP contribution < -0.4 is 10.5 Å². The quantitative estimate of drug-likeness (QED) is 0.767. The molecular weight excluding hydrogens is 406 g/mol. The maximum Gasteiger partial charge on any atom is 0.259 e. The van der Waals surface area contributed by atoms with Gasteiger partial charge in [-0.1, -0.05) is 24.3 Å². The highest BCUT2D eigenvalue weighted by atomic mass is 32.2. The number of hydrogen-bond acceptors (Lipinski definition) is 6. The van der Waals surface area contributed by atoms with Gasteiger partial charge in [-0.15, -0.1) is 4.40 Å². The van der Waals surface area contributed by atoms with E-state index < -0.39 is 10.0 Å². The molecule has 1 fully saturated rings. The van der Waals surface area contributed by atoms with Gasteiger partial charge in [0.15, 0.2) is 0 Å². The van der Waals surface area contributed by atoms with Gasteiger partial charge in [0.2, 0.25) is 0 Å². The number of hydrogen-bond donors (Lipinski definition) is 2. The molecule has 30 heavy (non-hydrogen) atoms. The van der Waals surface area contributed by atoms with Crippen molar-refractivity contribution in [2.75, 3.05) is 13.2 Å². The first-order valence-corrected chi connectivity index (χ1v) is 11.4. The zero-order chi connectivity index (χ0) is 21.3. The molecule has 0 radical (unpaired) electrons. The van der Waals surface area contributed by atoms with E-state index >= 15 is 0 Å². The number of piperidine rings is 1. The number of amides is 1. The molecule has 2 aromatic rings. The van der Waals surface area contributed by atoms with E-state index in [-0.39, 0.29) is 41.5 Å². The van der Waals surface area contributed by atoms with E-state index in [0.29, 0.717) is 23.4 Å². The molecule has 158 valence electrons. The number of fused-ring (bicyclic) bond motifs is 1. The van der Waals surface area contributed by atoms with Crippen LogP contribution in [0.2, 0.25) is 0 Å². The van der Waals surface area contributed by atoms with Crippen LogP contribution in [-0.4, -0.2) is 49.4 Å². The van der Waals surface area contributed by atoms with Crippen LogP contribution in [0.1, 0.15) is 40.7 Å². The third-order valence-electron chi connectivity index (χ3n) is 5.40. The second-order valence-corrected chi connectivity index (χ2v) is 9.10. The van der Waals surface area contributed by atoms with Crippen molar-refractivity contribution < 1.29 is 23.1 Å². The summed E-state index contributed by atoms with van der Waals surface area (Å²) in [5.74, 6) is -0.137. The summed E-state index contributed by atoms with van der Waals surface area (Å²) in [4.78, 5) is 14.7. The molecule has 0 aromatic heterocycles. The average molecular weight is 429 g/mol. The van der Waals surface area contributed by atoms with Gasteiger partial charge in [0.25, 0.3) is 15.9 Å². The Morgan fingerprint density at radius 3 is 2.80 bits per heavy atom. The molecule has 9 heteroatoms. The number of rotatable bonds is 4. The van der Waals surface area contributed by atoms with Gasteiger partial charge in [0.05, 0.1) is 22.9 Å². The normalized spacial score (nSPS) is 20.2. The average Bonchev–Trinajstić information content (AvgIpc) is 2.71. The van der Waals surface area contributed by atoms with Crippen LogP contribution in [-0.2, 0) is 15.8 Å². The molecule has 4 rings (SSSR count). The third kappa shape index (κ3) is 3.97. The molecule has 0 spiro atoms. The Morgan fingerprint density at radius 2 is 2.00 bits per heavy atom. The van der Waals surface area contributed by atoms with Crippen molar-refractivity contribution in [2.24, 2.45) is 10.1 Å². The van der Waals surface area contributed by atoms with E-state index in [9.17, 15) is 18.3 Å². The zero-order valence-corrected chi connectivity index (χ0v) is 17.1. The fraction of sp³-hybridized carbons (Fsp3) is 0.333. The minimum atomic E-state index is -3.62. The number of phenols is 1. The van der Waals surface area contributed by atoms with E-state index in [4.69, 9.17) is 10.5 Å². The first-order chi connectivity index (χ1) is 14.4. The highest BCUT2D eigenvalue weighted by Gasteiger charge is 2.30. The molecule has 2 aromatic carbocycles. The van der Waals surface area contributed by atoms with E-state index in [1.807, 2.05) is 0 Å². The Kier molecular flexibility index (Phi) is 5.38. The number of carbonyl (C=O) groups excluding carboxylic acids is 1. The summed E-state index contributed by atoms with van der Waals surface area (Å²) < 4.78 is 33.3. The Balaban J connectivity index is 1.55. The summed E-state index contributed by atoms with van der Waals surface area (Å²) in [5.41, 5.74) is 7.20. The molecule has 3 N–H and O–H groups in total. The lowest BCUT2D eigenvalue weighted by molar-refractivity contribution is 0.0525. The van der Waals surface area contributed by atoms with Gasteiger partial charge in [-0.05, 0) is 43.0 Å². The zero-order valence-electron chi connectivity index (χ0n) is 16.3. The number of likely N-dealkylation sites (tertiary alicyclic amines) is 1. The summed E-state index contributed by atoms with van der Waals surface area (Å²) in [6, 6.07) is 11.4. The molecule has 1 atom stereocenters. The Labute approximate surface area is 175 Å². The second-order valence-electron chi connectivity index (χ2n) is 7.47. The molecule has 2 aliphatic rings. The number of benzene rings is 2. The van der Waals surface area contributed by atoms with Crippen LogP contribution >= 0.6 is 0 Å². The summed E-state index contributed by atoms with van der Waals surface area (Å²) in [7, 11) is -3.62. The third-order valence-corrected chi connectivity index (χ3v) is 6.55. The smallest absolute Gasteiger partial charge is 0.259 e. The number of ether oxygens (including phenoxy) is 1. The number of nitrogens with zero attached hydrogens (tertiary/aromatic N) is 2. The highest BCUT2D eigenvalue weighted by Crippen LogP contribution is 2.29. The molecule has 0 bridgehead atoms. The van der Waals surface area contributed by atoms with Gasteiger partial charge in [0, 0.05) is 6.54 Å². The number of nitrogens with two attached hydrogens (primary N) is 1. The molecule has 1 saturated heterocycles. The number of para-hydroxylation sites is 1. The van der Waals surface area contributed by atoms with Crippen molar-refractivity contribution >= 4 is 21.8 Å². The molecule has 0 aliphatic carbocycles. The predicted octanol–water partition coefficient (Wildman–Crippen LogP) is 2.01. The van der Waals surface area contributed by atoms with Crippen LogP contribution in [0.3, 0.4) is 0 Å². The number of sulfonamides is 1. The first kappa shape index (κ1) is 20.2. The van der Waals surface area contributed by atoms with Crippen molar-refractivity contribution in [1.29, 1.82) is 0 Å². The Morgan fingerprint density at radius 1 is 1.20 bits per heavy atom.